The third-order valence-corrected chi connectivity index (χ3v) is 6.24. The molecule has 2 atom stereocenters. The van der Waals surface area contributed by atoms with Crippen LogP contribution in [-0.4, -0.2) is 35.7 Å². The Morgan fingerprint density at radius 3 is 2.75 bits per heavy atom. The molecule has 40 heavy (non-hydrogen) atoms. The fraction of sp³-hybridized carbons (Fsp3) is 0.241. The van der Waals surface area contributed by atoms with Gasteiger partial charge in [-0.3, -0.25) is 10.2 Å². The van der Waals surface area contributed by atoms with Gasteiger partial charge in [0.2, 0.25) is 5.90 Å². The van der Waals surface area contributed by atoms with Gasteiger partial charge in [0, 0.05) is 47.7 Å². The Hall–Kier alpha value is -4.70. The first-order valence-corrected chi connectivity index (χ1v) is 12.6. The third-order valence-electron chi connectivity index (χ3n) is 6.24. The first-order chi connectivity index (χ1) is 19.5. The lowest BCUT2D eigenvalue weighted by Gasteiger charge is -2.30. The highest BCUT2D eigenvalue weighted by Crippen LogP contribution is 2.45. The maximum absolute atomic E-state index is 13.8. The first-order valence-electron chi connectivity index (χ1n) is 12.6. The molecule has 1 aliphatic heterocycles. The first kappa shape index (κ1) is 28.3. The number of azide groups is 1. The summed E-state index contributed by atoms with van der Waals surface area (Å²) in [7, 11) is 0. The lowest BCUT2D eigenvalue weighted by molar-refractivity contribution is -0.129. The predicted molar refractivity (Wildman–Crippen MR) is 148 cm³/mol. The van der Waals surface area contributed by atoms with E-state index in [1.807, 2.05) is 0 Å². The fourth-order valence-electron chi connectivity index (χ4n) is 4.34. The van der Waals surface area contributed by atoms with Gasteiger partial charge in [-0.1, -0.05) is 47.6 Å². The van der Waals surface area contributed by atoms with Crippen molar-refractivity contribution in [2.24, 2.45) is 10.1 Å². The van der Waals surface area contributed by atoms with Gasteiger partial charge in [-0.15, -0.1) is 6.58 Å². The molecule has 0 saturated heterocycles. The average Bonchev–Trinajstić information content (AvgIpc) is 3.34. The quantitative estimate of drug-likeness (QED) is 0.0679. The van der Waals surface area contributed by atoms with Crippen LogP contribution in [0.4, 0.5) is 10.1 Å². The van der Waals surface area contributed by atoms with Crippen LogP contribution in [0.1, 0.15) is 35.6 Å². The lowest BCUT2D eigenvalue weighted by Crippen LogP contribution is -2.52. The molecule has 3 N–H and O–H groups in total. The predicted octanol–water partition coefficient (Wildman–Crippen LogP) is 5.18. The van der Waals surface area contributed by atoms with E-state index in [2.05, 4.69) is 27.5 Å². The summed E-state index contributed by atoms with van der Waals surface area (Å²) in [5, 5.41) is 12.8. The van der Waals surface area contributed by atoms with Gasteiger partial charge in [-0.25, -0.2) is 14.8 Å². The molecule has 0 aliphatic carbocycles. The van der Waals surface area contributed by atoms with Crippen molar-refractivity contribution >= 4 is 17.5 Å². The maximum Gasteiger partial charge on any atom is 0.266 e. The van der Waals surface area contributed by atoms with Crippen LogP contribution >= 0.6 is 0 Å². The maximum atomic E-state index is 13.8. The smallest absolute Gasteiger partial charge is 0.266 e. The Morgan fingerprint density at radius 2 is 2.02 bits per heavy atom. The minimum absolute atomic E-state index is 0.0337. The molecule has 3 aromatic rings. The molecule has 0 saturated carbocycles. The number of hydrazine groups is 1. The molecule has 0 fully saturated rings. The molecule has 0 aromatic heterocycles. The van der Waals surface area contributed by atoms with Crippen LogP contribution in [0.25, 0.3) is 10.4 Å². The molecule has 1 amide bonds. The summed E-state index contributed by atoms with van der Waals surface area (Å²) in [6.07, 6.45) is 1.22. The SMILES string of the molecule is C=CC[C@]1(C(=O)NNCc2cccc(F)c2)N=C(c2ccc(OCCCO)cc2)O[C@H]1c1ccccc1N=[N+]=[N-]. The summed E-state index contributed by atoms with van der Waals surface area (Å²) in [5.74, 6) is -0.0716. The molecule has 1 aliphatic rings. The van der Waals surface area contributed by atoms with Crippen molar-refractivity contribution in [3.8, 4) is 5.75 Å². The number of aliphatic hydroxyl groups is 1. The van der Waals surface area contributed by atoms with Crippen molar-refractivity contribution in [2.45, 2.75) is 31.0 Å². The molecule has 4 rings (SSSR count). The molecular formula is C29H29FN6O4. The summed E-state index contributed by atoms with van der Waals surface area (Å²) in [4.78, 5) is 21.5. The highest BCUT2D eigenvalue weighted by Gasteiger charge is 2.53. The van der Waals surface area contributed by atoms with E-state index in [-0.39, 0.29) is 31.3 Å². The molecule has 1 heterocycles. The fourth-order valence-corrected chi connectivity index (χ4v) is 4.34. The molecule has 0 bridgehead atoms. The van der Waals surface area contributed by atoms with E-state index < -0.39 is 17.6 Å². The largest absolute Gasteiger partial charge is 0.494 e. The zero-order valence-corrected chi connectivity index (χ0v) is 21.7. The Balaban J connectivity index is 1.67. The zero-order chi connectivity index (χ0) is 28.4. The van der Waals surface area contributed by atoms with Crippen LogP contribution < -0.4 is 15.6 Å². The van der Waals surface area contributed by atoms with E-state index in [1.54, 1.807) is 66.7 Å². The summed E-state index contributed by atoms with van der Waals surface area (Å²) in [6, 6.07) is 19.8. The van der Waals surface area contributed by atoms with E-state index in [0.717, 1.165) is 0 Å². The van der Waals surface area contributed by atoms with Crippen molar-refractivity contribution in [3.05, 3.63) is 118 Å². The van der Waals surface area contributed by atoms with Crippen LogP contribution in [0.2, 0.25) is 0 Å². The molecule has 0 unspecified atom stereocenters. The number of hydrogen-bond acceptors (Lipinski definition) is 7. The number of halogens is 1. The minimum atomic E-state index is -1.51. The van der Waals surface area contributed by atoms with E-state index in [4.69, 9.17) is 25.1 Å². The van der Waals surface area contributed by atoms with Crippen molar-refractivity contribution in [3.63, 3.8) is 0 Å². The van der Waals surface area contributed by atoms with Crippen molar-refractivity contribution < 1.29 is 23.8 Å². The minimum Gasteiger partial charge on any atom is -0.494 e. The molecule has 3 aromatic carbocycles. The van der Waals surface area contributed by atoms with Gasteiger partial charge >= 0.3 is 0 Å². The highest BCUT2D eigenvalue weighted by molar-refractivity contribution is 6.01. The van der Waals surface area contributed by atoms with Crippen molar-refractivity contribution in [1.82, 2.24) is 10.9 Å². The second-order valence-corrected chi connectivity index (χ2v) is 8.97. The highest BCUT2D eigenvalue weighted by atomic mass is 19.1. The number of aliphatic hydroxyl groups excluding tert-OH is 1. The number of aliphatic imine (C=N–C) groups is 1. The van der Waals surface area contributed by atoms with Crippen molar-refractivity contribution in [1.29, 1.82) is 0 Å². The number of nitrogens with one attached hydrogen (secondary N) is 2. The van der Waals surface area contributed by atoms with Crippen LogP contribution in [0, 0.1) is 5.82 Å². The normalized spacial score (nSPS) is 17.8. The van der Waals surface area contributed by atoms with Crippen molar-refractivity contribution in [2.75, 3.05) is 13.2 Å². The molecule has 206 valence electrons. The molecule has 10 nitrogen and oxygen atoms in total. The number of hydrogen-bond donors (Lipinski definition) is 3. The molecule has 11 heteroatoms. The number of ether oxygens (including phenoxy) is 2. The van der Waals surface area contributed by atoms with Gasteiger partial charge in [0.25, 0.3) is 5.91 Å². The Morgan fingerprint density at radius 1 is 1.23 bits per heavy atom. The van der Waals surface area contributed by atoms with Gasteiger partial charge in [0.05, 0.1) is 6.61 Å². The Labute approximate surface area is 230 Å². The number of carbonyl (C=O) groups is 1. The van der Waals surface area contributed by atoms with E-state index in [1.165, 1.54) is 12.1 Å². The number of nitrogens with zero attached hydrogens (tertiary/aromatic N) is 4. The zero-order valence-electron chi connectivity index (χ0n) is 21.7. The third kappa shape index (κ3) is 6.47. The van der Waals surface area contributed by atoms with Crippen LogP contribution in [0.5, 0.6) is 5.75 Å². The number of benzene rings is 3. The Kier molecular flexibility index (Phi) is 9.48. The number of carbonyl (C=O) groups excluding carboxylic acids is 1. The summed E-state index contributed by atoms with van der Waals surface area (Å²) >= 11 is 0. The average molecular weight is 545 g/mol. The molecule has 0 spiro atoms. The van der Waals surface area contributed by atoms with Gasteiger partial charge in [0.15, 0.2) is 11.6 Å². The molecule has 0 radical (unpaired) electrons. The summed E-state index contributed by atoms with van der Waals surface area (Å²) < 4.78 is 25.5. The van der Waals surface area contributed by atoms with Crippen LogP contribution in [-0.2, 0) is 16.1 Å². The topological polar surface area (TPSA) is 141 Å². The summed E-state index contributed by atoms with van der Waals surface area (Å²) in [5.41, 5.74) is 15.2. The lowest BCUT2D eigenvalue weighted by atomic mass is 9.84. The monoisotopic (exact) mass is 544 g/mol. The van der Waals surface area contributed by atoms with E-state index in [0.29, 0.717) is 41.2 Å². The van der Waals surface area contributed by atoms with Crippen LogP contribution in [0.15, 0.2) is 95.6 Å². The van der Waals surface area contributed by atoms with Crippen LogP contribution in [0.3, 0.4) is 0 Å². The number of rotatable bonds is 13. The second-order valence-electron chi connectivity index (χ2n) is 8.97. The van der Waals surface area contributed by atoms with E-state index >= 15 is 0 Å². The van der Waals surface area contributed by atoms with Gasteiger partial charge < -0.3 is 14.6 Å². The van der Waals surface area contributed by atoms with Gasteiger partial charge in [0.1, 0.15) is 11.6 Å². The Bertz CT molecular complexity index is 1420. The molecular weight excluding hydrogens is 515 g/mol. The standard InChI is InChI=1S/C29H29FN6O4/c1-2-15-29(28(38)35-32-19-20-7-5-8-22(30)18-20)26(24-9-3-4-10-25(24)34-36-31)40-27(33-29)21-11-13-23(14-12-21)39-17-6-16-37/h2-5,7-14,18,26,32,37H,1,6,15-17,19H2,(H,35,38)/t26-,29-/m0/s1. The van der Waals surface area contributed by atoms with Gasteiger partial charge in [-0.2, -0.15) is 0 Å². The van der Waals surface area contributed by atoms with E-state index in [9.17, 15) is 9.18 Å². The van der Waals surface area contributed by atoms with Gasteiger partial charge in [-0.05, 0) is 47.5 Å². The number of amides is 1. The summed E-state index contributed by atoms with van der Waals surface area (Å²) in [6.45, 7) is 4.41. The second kappa shape index (κ2) is 13.4.